The molecule has 0 saturated heterocycles. The van der Waals surface area contributed by atoms with Crippen LogP contribution in [0.2, 0.25) is 0 Å². The Labute approximate surface area is 172 Å². The summed E-state index contributed by atoms with van der Waals surface area (Å²) in [5.74, 6) is -19.8. The molecule has 0 N–H and O–H groups in total. The first-order valence-electron chi connectivity index (χ1n) is 9.57. The number of unbranched alkanes of at least 4 members (excludes halogenated alkanes) is 1. The van der Waals surface area contributed by atoms with Crippen molar-refractivity contribution < 1.29 is 39.5 Å². The SMILES string of the molecule is BC(CC)(CCCC)c1c2c(F)c(F)c(F)c(F)c2c(F)c2c(F)c(F)c(F)c(F)c12. The Bertz CT molecular complexity index is 1140. The normalized spacial score (nSPS) is 13.9. The molecule has 0 spiro atoms. The maximum atomic E-state index is 15.1. The summed E-state index contributed by atoms with van der Waals surface area (Å²) in [6, 6.07) is 0. The first kappa shape index (κ1) is 23.3. The number of hydrogen-bond acceptors (Lipinski definition) is 0. The minimum Gasteiger partial charge on any atom is -0.205 e. The summed E-state index contributed by atoms with van der Waals surface area (Å²) in [4.78, 5) is 0. The van der Waals surface area contributed by atoms with Crippen molar-refractivity contribution in [1.82, 2.24) is 0 Å². The van der Waals surface area contributed by atoms with Gasteiger partial charge in [0.1, 0.15) is 13.7 Å². The molecule has 0 radical (unpaired) electrons. The van der Waals surface area contributed by atoms with Crippen LogP contribution in [0.1, 0.15) is 45.1 Å². The minimum atomic E-state index is -2.37. The highest BCUT2D eigenvalue weighted by Crippen LogP contribution is 2.46. The van der Waals surface area contributed by atoms with Crippen molar-refractivity contribution in [1.29, 1.82) is 0 Å². The van der Waals surface area contributed by atoms with Crippen LogP contribution >= 0.6 is 0 Å². The van der Waals surface area contributed by atoms with E-state index in [9.17, 15) is 35.1 Å². The molecule has 10 heteroatoms. The molecular formula is C21H16BF9. The van der Waals surface area contributed by atoms with Gasteiger partial charge in [0.05, 0.1) is 10.8 Å². The number of rotatable bonds is 5. The highest BCUT2D eigenvalue weighted by molar-refractivity contribution is 6.20. The van der Waals surface area contributed by atoms with Crippen LogP contribution in [0.15, 0.2) is 0 Å². The molecular weight excluding hydrogens is 434 g/mol. The number of benzene rings is 3. The third-order valence-electron chi connectivity index (χ3n) is 5.94. The van der Waals surface area contributed by atoms with Crippen LogP contribution in [0.3, 0.4) is 0 Å². The van der Waals surface area contributed by atoms with Crippen LogP contribution < -0.4 is 0 Å². The van der Waals surface area contributed by atoms with E-state index in [1.165, 1.54) is 7.85 Å². The van der Waals surface area contributed by atoms with Crippen LogP contribution in [-0.4, -0.2) is 7.85 Å². The Morgan fingerprint density at radius 1 is 0.548 bits per heavy atom. The molecule has 0 amide bonds. The lowest BCUT2D eigenvalue weighted by atomic mass is 9.58. The topological polar surface area (TPSA) is 0 Å². The van der Waals surface area contributed by atoms with Gasteiger partial charge in [-0.05, 0) is 10.9 Å². The van der Waals surface area contributed by atoms with Crippen LogP contribution in [0.5, 0.6) is 0 Å². The van der Waals surface area contributed by atoms with Gasteiger partial charge in [-0.2, -0.15) is 0 Å². The van der Waals surface area contributed by atoms with E-state index in [0.29, 0.717) is 12.8 Å². The van der Waals surface area contributed by atoms with Gasteiger partial charge in [-0.15, -0.1) is 0 Å². The van der Waals surface area contributed by atoms with Crippen LogP contribution in [0.4, 0.5) is 39.5 Å². The maximum absolute atomic E-state index is 15.1. The van der Waals surface area contributed by atoms with Crippen LogP contribution in [-0.2, 0) is 5.31 Å². The lowest BCUT2D eigenvalue weighted by Gasteiger charge is -2.32. The zero-order valence-corrected chi connectivity index (χ0v) is 16.7. The molecule has 166 valence electrons. The second kappa shape index (κ2) is 7.95. The molecule has 0 aliphatic heterocycles. The quantitative estimate of drug-likeness (QED) is 0.134. The van der Waals surface area contributed by atoms with Crippen molar-refractivity contribution in [3.05, 3.63) is 57.9 Å². The summed E-state index contributed by atoms with van der Waals surface area (Å²) in [5.41, 5.74) is -0.652. The molecule has 1 atom stereocenters. The van der Waals surface area contributed by atoms with Gasteiger partial charge < -0.3 is 0 Å². The first-order chi connectivity index (χ1) is 14.4. The lowest BCUT2D eigenvalue weighted by Crippen LogP contribution is -2.28. The van der Waals surface area contributed by atoms with Gasteiger partial charge in [0.15, 0.2) is 46.5 Å². The van der Waals surface area contributed by atoms with Crippen molar-refractivity contribution >= 4 is 29.4 Å². The molecule has 0 nitrogen and oxygen atoms in total. The predicted molar refractivity (Wildman–Crippen MR) is 101 cm³/mol. The van der Waals surface area contributed by atoms with E-state index in [1.807, 2.05) is 0 Å². The van der Waals surface area contributed by atoms with E-state index in [2.05, 4.69) is 0 Å². The standard InChI is InChI=1S/C21H16BF9/c1-3-5-6-21(22,4-2)11-7-9(15(26)19(30)17(28)13(7)24)12(23)10-8(11)14(25)18(29)20(31)16(10)27/h3-6,22H2,1-2H3. The van der Waals surface area contributed by atoms with Gasteiger partial charge >= 0.3 is 0 Å². The Morgan fingerprint density at radius 3 is 1.23 bits per heavy atom. The molecule has 3 aromatic rings. The third-order valence-corrected chi connectivity index (χ3v) is 5.94. The summed E-state index contributed by atoms with van der Waals surface area (Å²) in [6.45, 7) is 3.32. The highest BCUT2D eigenvalue weighted by atomic mass is 19.2. The maximum Gasteiger partial charge on any atom is 0.198 e. The van der Waals surface area contributed by atoms with Crippen molar-refractivity contribution in [3.63, 3.8) is 0 Å². The fraction of sp³-hybridized carbons (Fsp3) is 0.333. The predicted octanol–water partition coefficient (Wildman–Crippen LogP) is 6.67. The van der Waals surface area contributed by atoms with Crippen molar-refractivity contribution in [2.24, 2.45) is 0 Å². The third kappa shape index (κ3) is 3.17. The molecule has 0 heterocycles. The summed E-state index contributed by atoms with van der Waals surface area (Å²) in [7, 11) is 1.41. The fourth-order valence-electron chi connectivity index (χ4n) is 4.04. The van der Waals surface area contributed by atoms with Crippen LogP contribution in [0.25, 0.3) is 21.5 Å². The van der Waals surface area contributed by atoms with Crippen molar-refractivity contribution in [3.8, 4) is 0 Å². The largest absolute Gasteiger partial charge is 0.205 e. The molecule has 0 fully saturated rings. The minimum absolute atomic E-state index is 0.0446. The van der Waals surface area contributed by atoms with Crippen molar-refractivity contribution in [2.75, 3.05) is 0 Å². The second-order valence-electron chi connectivity index (χ2n) is 7.72. The molecule has 3 rings (SSSR count). The number of halogens is 9. The summed E-state index contributed by atoms with van der Waals surface area (Å²) in [5, 5.41) is -6.73. The summed E-state index contributed by atoms with van der Waals surface area (Å²) >= 11 is 0. The molecule has 0 aliphatic rings. The van der Waals surface area contributed by atoms with E-state index in [4.69, 9.17) is 0 Å². The van der Waals surface area contributed by atoms with Gasteiger partial charge in [-0.1, -0.05) is 39.5 Å². The Balaban J connectivity index is 2.81. The zero-order valence-electron chi connectivity index (χ0n) is 16.7. The second-order valence-corrected chi connectivity index (χ2v) is 7.72. The monoisotopic (exact) mass is 450 g/mol. The average Bonchev–Trinajstić information content (AvgIpc) is 2.75. The highest BCUT2D eigenvalue weighted by Gasteiger charge is 2.38. The molecule has 31 heavy (non-hydrogen) atoms. The lowest BCUT2D eigenvalue weighted by molar-refractivity contribution is 0.410. The van der Waals surface area contributed by atoms with E-state index in [1.54, 1.807) is 13.8 Å². The van der Waals surface area contributed by atoms with Crippen LogP contribution in [0, 0.1) is 52.4 Å². The molecule has 3 aromatic carbocycles. The smallest absolute Gasteiger partial charge is 0.198 e. The average molecular weight is 450 g/mol. The van der Waals surface area contributed by atoms with Gasteiger partial charge in [0, 0.05) is 10.8 Å². The molecule has 1 unspecified atom stereocenters. The molecule has 0 aliphatic carbocycles. The summed E-state index contributed by atoms with van der Waals surface area (Å²) < 4.78 is 130. The van der Waals surface area contributed by atoms with Gasteiger partial charge in [0.2, 0.25) is 0 Å². The Kier molecular flexibility index (Phi) is 5.97. The summed E-state index contributed by atoms with van der Waals surface area (Å²) in [6.07, 6.45) is 1.16. The van der Waals surface area contributed by atoms with E-state index < -0.39 is 84.8 Å². The molecule has 0 saturated carbocycles. The molecule has 0 aromatic heterocycles. The Hall–Kier alpha value is -2.39. The van der Waals surface area contributed by atoms with E-state index in [-0.39, 0.29) is 12.8 Å². The van der Waals surface area contributed by atoms with Gasteiger partial charge in [-0.3, -0.25) is 0 Å². The Morgan fingerprint density at radius 2 is 0.903 bits per heavy atom. The van der Waals surface area contributed by atoms with Gasteiger partial charge in [0.25, 0.3) is 0 Å². The number of fused-ring (bicyclic) bond motifs is 2. The number of hydrogen-bond donors (Lipinski definition) is 0. The fourth-order valence-corrected chi connectivity index (χ4v) is 4.04. The zero-order chi connectivity index (χ0) is 23.4. The first-order valence-corrected chi connectivity index (χ1v) is 9.57. The molecule has 0 bridgehead atoms. The van der Waals surface area contributed by atoms with E-state index in [0.717, 1.165) is 0 Å². The van der Waals surface area contributed by atoms with Gasteiger partial charge in [-0.25, -0.2) is 39.5 Å². The van der Waals surface area contributed by atoms with Crippen molar-refractivity contribution in [2.45, 2.75) is 44.8 Å². The van der Waals surface area contributed by atoms with E-state index >= 15 is 4.39 Å².